The van der Waals surface area contributed by atoms with E-state index in [1.54, 1.807) is 6.07 Å². The molecule has 0 unspecified atom stereocenters. The summed E-state index contributed by atoms with van der Waals surface area (Å²) in [4.78, 5) is 22.5. The quantitative estimate of drug-likeness (QED) is 0.337. The number of aromatic nitrogens is 2. The molecular weight excluding hydrogens is 469 g/mol. The molecule has 10 heteroatoms. The number of imidazole rings is 1. The van der Waals surface area contributed by atoms with Gasteiger partial charge in [0.15, 0.2) is 5.82 Å². The number of rotatable bonds is 5. The summed E-state index contributed by atoms with van der Waals surface area (Å²) in [5.41, 5.74) is -0.360. The predicted octanol–water partition coefficient (Wildman–Crippen LogP) is 5.84. The second-order valence-corrected chi connectivity index (χ2v) is 8.17. The van der Waals surface area contributed by atoms with E-state index in [-0.39, 0.29) is 11.3 Å². The molecule has 0 saturated carbocycles. The molecule has 0 bridgehead atoms. The first-order valence-electron chi connectivity index (χ1n) is 8.43. The number of pyridine rings is 1. The maximum atomic E-state index is 13.1. The summed E-state index contributed by atoms with van der Waals surface area (Å²) in [5.74, 6) is 0.631. The minimum absolute atomic E-state index is 0.0150. The number of amides is 1. The second kappa shape index (κ2) is 8.19. The third kappa shape index (κ3) is 4.18. The van der Waals surface area contributed by atoms with Gasteiger partial charge in [-0.3, -0.25) is 19.1 Å². The molecule has 3 rings (SSSR count). The largest absolute Gasteiger partial charge is 0.416 e. The van der Waals surface area contributed by atoms with Crippen LogP contribution in [-0.4, -0.2) is 34.8 Å². The maximum absolute atomic E-state index is 13.1. The van der Waals surface area contributed by atoms with Crippen molar-refractivity contribution in [2.45, 2.75) is 18.1 Å². The number of carbonyl (C=O) groups excluding carboxylic acids is 1. The molecule has 0 aliphatic heterocycles. The van der Waals surface area contributed by atoms with Gasteiger partial charge >= 0.3 is 6.18 Å². The minimum Gasteiger partial charge on any atom is -0.293 e. The fraction of sp³-hybridized carbons (Fsp3) is 0.211. The van der Waals surface area contributed by atoms with Gasteiger partial charge < -0.3 is 0 Å². The average molecular weight is 485 g/mol. The van der Waals surface area contributed by atoms with Gasteiger partial charge in [0.05, 0.1) is 16.8 Å². The zero-order chi connectivity index (χ0) is 21.3. The lowest BCUT2D eigenvalue weighted by atomic mass is 10.1. The minimum atomic E-state index is -4.53. The van der Waals surface area contributed by atoms with Gasteiger partial charge in [0, 0.05) is 17.7 Å². The maximum Gasteiger partial charge on any atom is 0.416 e. The topological polar surface area (TPSA) is 50.0 Å². The van der Waals surface area contributed by atoms with E-state index in [4.69, 9.17) is 0 Å². The normalized spacial score (nSPS) is 11.7. The summed E-state index contributed by atoms with van der Waals surface area (Å²) in [7, 11) is 1.53. The third-order valence-electron chi connectivity index (χ3n) is 4.15. The Bertz CT molecular complexity index is 1100. The monoisotopic (exact) mass is 484 g/mol. The SMILES string of the molecule is C=Nc1cc(C(F)(F)F)ccc1C(=O)N(C)c1nc2ccc(Br)cn2c1SCC. The van der Waals surface area contributed by atoms with Crippen LogP contribution in [0.2, 0.25) is 0 Å². The molecule has 0 saturated heterocycles. The number of halogens is 4. The van der Waals surface area contributed by atoms with Gasteiger partial charge in [0.1, 0.15) is 10.7 Å². The molecule has 1 amide bonds. The molecule has 5 nitrogen and oxygen atoms in total. The Hall–Kier alpha value is -2.33. The molecule has 0 radical (unpaired) electrons. The van der Waals surface area contributed by atoms with Gasteiger partial charge in [0.2, 0.25) is 0 Å². The Balaban J connectivity index is 2.07. The molecule has 1 aromatic carbocycles. The lowest BCUT2D eigenvalue weighted by molar-refractivity contribution is -0.137. The van der Waals surface area contributed by atoms with E-state index in [1.165, 1.54) is 23.7 Å². The number of benzene rings is 1. The standard InChI is InChI=1S/C19H16BrF3N4OS/c1-4-29-18-16(25-15-8-6-12(20)10-27(15)18)26(3)17(28)13-7-5-11(19(21,22)23)9-14(13)24-2/h5-10H,2,4H2,1,3H3. The molecule has 2 aromatic heterocycles. The summed E-state index contributed by atoms with van der Waals surface area (Å²) < 4.78 is 41.6. The van der Waals surface area contributed by atoms with Gasteiger partial charge in [-0.1, -0.05) is 6.92 Å². The summed E-state index contributed by atoms with van der Waals surface area (Å²) in [6, 6.07) is 6.43. The smallest absolute Gasteiger partial charge is 0.293 e. The molecule has 0 fully saturated rings. The van der Waals surface area contributed by atoms with E-state index in [1.807, 2.05) is 23.6 Å². The number of alkyl halides is 3. The fourth-order valence-corrected chi connectivity index (χ4v) is 3.98. The molecule has 2 heterocycles. The molecule has 0 N–H and O–H groups in total. The van der Waals surface area contributed by atoms with Crippen LogP contribution in [0.15, 0.2) is 51.0 Å². The molecule has 0 aliphatic carbocycles. The number of hydrogen-bond acceptors (Lipinski definition) is 4. The zero-order valence-corrected chi connectivity index (χ0v) is 17.9. The Morgan fingerprint density at radius 2 is 2.07 bits per heavy atom. The number of anilines is 1. The van der Waals surface area contributed by atoms with E-state index in [2.05, 4.69) is 32.6 Å². The summed E-state index contributed by atoms with van der Waals surface area (Å²) >= 11 is 4.93. The predicted molar refractivity (Wildman–Crippen MR) is 113 cm³/mol. The Kier molecular flexibility index (Phi) is 6.04. The Morgan fingerprint density at radius 3 is 2.69 bits per heavy atom. The van der Waals surface area contributed by atoms with Crippen molar-refractivity contribution in [3.8, 4) is 0 Å². The fourth-order valence-electron chi connectivity index (χ4n) is 2.77. The lowest BCUT2D eigenvalue weighted by Crippen LogP contribution is -2.27. The molecule has 0 aliphatic rings. The summed E-state index contributed by atoms with van der Waals surface area (Å²) in [5, 5.41) is 0.750. The van der Waals surface area contributed by atoms with Gasteiger partial charge in [-0.2, -0.15) is 13.2 Å². The van der Waals surface area contributed by atoms with Crippen LogP contribution in [0.1, 0.15) is 22.8 Å². The van der Waals surface area contributed by atoms with E-state index >= 15 is 0 Å². The summed E-state index contributed by atoms with van der Waals surface area (Å²) in [6.07, 6.45) is -2.69. The van der Waals surface area contributed by atoms with E-state index in [0.29, 0.717) is 11.5 Å². The highest BCUT2D eigenvalue weighted by Gasteiger charge is 2.32. The first kappa shape index (κ1) is 21.4. The van der Waals surface area contributed by atoms with Crippen molar-refractivity contribution in [1.29, 1.82) is 0 Å². The molecule has 3 aromatic rings. The van der Waals surface area contributed by atoms with Crippen molar-refractivity contribution in [3.05, 3.63) is 52.1 Å². The van der Waals surface area contributed by atoms with E-state index in [0.717, 1.165) is 33.5 Å². The highest BCUT2D eigenvalue weighted by atomic mass is 79.9. The summed E-state index contributed by atoms with van der Waals surface area (Å²) in [6.45, 7) is 5.28. The number of aliphatic imine (C=N–C) groups is 1. The first-order valence-corrected chi connectivity index (χ1v) is 10.2. The highest BCUT2D eigenvalue weighted by Crippen LogP contribution is 2.35. The van der Waals surface area contributed by atoms with Gasteiger partial charge in [-0.05, 0) is 58.7 Å². The number of thioether (sulfide) groups is 1. The molecular formula is C19H16BrF3N4OS. The van der Waals surface area contributed by atoms with Crippen LogP contribution in [-0.2, 0) is 6.18 Å². The number of carbonyl (C=O) groups is 1. The first-order chi connectivity index (χ1) is 13.7. The molecule has 0 spiro atoms. The van der Waals surface area contributed by atoms with Crippen molar-refractivity contribution in [1.82, 2.24) is 9.38 Å². The van der Waals surface area contributed by atoms with Crippen molar-refractivity contribution < 1.29 is 18.0 Å². The third-order valence-corrected chi connectivity index (χ3v) is 5.56. The van der Waals surface area contributed by atoms with Crippen molar-refractivity contribution in [2.75, 3.05) is 17.7 Å². The van der Waals surface area contributed by atoms with Crippen molar-refractivity contribution in [3.63, 3.8) is 0 Å². The zero-order valence-electron chi connectivity index (χ0n) is 15.5. The average Bonchev–Trinajstić information content (AvgIpc) is 3.03. The van der Waals surface area contributed by atoms with Gasteiger partial charge in [-0.15, -0.1) is 11.8 Å². The number of nitrogens with zero attached hydrogens (tertiary/aromatic N) is 4. The van der Waals surface area contributed by atoms with Gasteiger partial charge in [-0.25, -0.2) is 4.98 Å². The van der Waals surface area contributed by atoms with Crippen LogP contribution in [0.5, 0.6) is 0 Å². The molecule has 152 valence electrons. The van der Waals surface area contributed by atoms with Crippen LogP contribution in [0.25, 0.3) is 5.65 Å². The molecule has 29 heavy (non-hydrogen) atoms. The van der Waals surface area contributed by atoms with Crippen LogP contribution in [0.3, 0.4) is 0 Å². The van der Waals surface area contributed by atoms with E-state index in [9.17, 15) is 18.0 Å². The Morgan fingerprint density at radius 1 is 1.34 bits per heavy atom. The second-order valence-electron chi connectivity index (χ2n) is 6.00. The van der Waals surface area contributed by atoms with Crippen LogP contribution >= 0.6 is 27.7 Å². The van der Waals surface area contributed by atoms with Gasteiger partial charge in [0.25, 0.3) is 5.91 Å². The van der Waals surface area contributed by atoms with Crippen LogP contribution in [0.4, 0.5) is 24.7 Å². The number of fused-ring (bicyclic) bond motifs is 1. The lowest BCUT2D eigenvalue weighted by Gasteiger charge is -2.18. The van der Waals surface area contributed by atoms with Crippen LogP contribution < -0.4 is 4.90 Å². The number of hydrogen-bond donors (Lipinski definition) is 0. The van der Waals surface area contributed by atoms with Crippen molar-refractivity contribution >= 4 is 57.5 Å². The highest BCUT2D eigenvalue weighted by molar-refractivity contribution is 9.10. The molecule has 0 atom stereocenters. The van der Waals surface area contributed by atoms with Crippen molar-refractivity contribution in [2.24, 2.45) is 4.99 Å². The van der Waals surface area contributed by atoms with Crippen LogP contribution in [0, 0.1) is 0 Å². The Labute approximate surface area is 177 Å². The van der Waals surface area contributed by atoms with E-state index < -0.39 is 17.6 Å².